The van der Waals surface area contributed by atoms with Crippen molar-refractivity contribution in [1.29, 1.82) is 0 Å². The second-order valence-corrected chi connectivity index (χ2v) is 55.2. The summed E-state index contributed by atoms with van der Waals surface area (Å²) < 4.78 is 125. The first-order valence-corrected chi connectivity index (χ1v) is 56.5. The molecule has 0 saturated carbocycles. The van der Waals surface area contributed by atoms with Crippen LogP contribution in [0.25, 0.3) is 90.1 Å². The Hall–Kier alpha value is -9.58. The second-order valence-electron chi connectivity index (χ2n) is 35.1. The minimum Gasteiger partial charge on any atom is -0.305 e. The van der Waals surface area contributed by atoms with Gasteiger partial charge in [-0.25, -0.2) is 0 Å². The molecule has 0 bridgehead atoms. The van der Waals surface area contributed by atoms with E-state index in [-0.39, 0.29) is 183 Å². The molecule has 16 rings (SSSR count). The first-order chi connectivity index (χ1) is 67.0. The van der Waals surface area contributed by atoms with Gasteiger partial charge in [0.25, 0.3) is 0 Å². The Labute approximate surface area is 859 Å². The molecule has 680 valence electrons. The number of benzene rings is 8. The van der Waals surface area contributed by atoms with E-state index in [2.05, 4.69) is 222 Å². The fourth-order valence-electron chi connectivity index (χ4n) is 13.0. The number of rotatable bonds is 17. The summed E-state index contributed by atoms with van der Waals surface area (Å²) in [6, 6.07) is 83.2. The molecule has 0 saturated heterocycles. The van der Waals surface area contributed by atoms with Crippen LogP contribution in [0.15, 0.2) is 340 Å². The number of hydrogen-bond acceptors (Lipinski definition) is 8. The molecule has 0 aliphatic rings. The third-order valence-corrected chi connectivity index (χ3v) is 27.9. The van der Waals surface area contributed by atoms with Crippen LogP contribution in [0.4, 0.5) is 0 Å². The molecular formula is C114H124Ir4N8Si4-8. The molecule has 0 aliphatic carbocycles. The predicted molar refractivity (Wildman–Crippen MR) is 545 cm³/mol. The van der Waals surface area contributed by atoms with Crippen LogP contribution < -0.4 is 20.7 Å². The van der Waals surface area contributed by atoms with E-state index >= 15 is 0 Å². The van der Waals surface area contributed by atoms with Crippen LogP contribution in [0.1, 0.15) is 124 Å². The SMILES string of the molecule is [2H]c1[c-]c(-c2cc(C(C)(C)C)c([Si](C)(C)C)cn2)c([2H])c([2H])c1[2H].[2H]c1[c-]c(-c2cc(C(C)C)c([Si](C)(C)C)cn2)c([2H])c([2H])c1[2H].[2H]c1[c-]c(-c2cc(C(C)CC)c([Si](C)(C)C)cn2)c([2H])c([2H])c1[2H].[2H]c1[c-]c(-c2cc(CCC)c([Si](C)(C)C)cn2)c([2H])c([2H])c1[2H].[Ir].[Ir].[Ir].[Ir].[c-]1ccccc1-c1ccccn1.[c-]1ccccc1-c1ccccn1.[c-]1ccccc1-c1ccccn1.[c-]1ccccc1-c1ccccn1. The molecule has 8 aromatic carbocycles. The first kappa shape index (κ1) is 87.1. The van der Waals surface area contributed by atoms with Crippen molar-refractivity contribution in [1.82, 2.24) is 39.9 Å². The standard InChI is InChI=1S/2C18H24NSi.2C17H22NSi.4C11H8N.4Ir/c1-18(2,3)15-12-16(14-10-8-7-9-11-14)19-13-17(15)20(4,5)6;1-6-14(2)16-12-17(15-10-8-7-9-11-15)19-13-18(16)20(3,4)5;1-13(2)15-11-16(14-9-7-6-8-10-14)18-12-17(15)19(3,4)5;1-5-9-15-12-16(14-10-7-6-8-11-14)18-13-17(15)19(2,3)4;4*1-2-6-10(7-3-1)11-8-4-5-9-12-11;;;;/h7-10,12-13H,1-6H3;7-10,12-14H,6H2,1-5H3;6-9,11-13H,1-5H3;6-8,10,12-13H,5,9H2,1-4H3;4*1-6,8-9H;;;;/q8*-1;;;;/i2*7D,8D,9D,10D;6D,7D,8D,9D;6D,7D,8D,10D;;;;;;;;. The van der Waals surface area contributed by atoms with Gasteiger partial charge in [-0.3, -0.25) is 0 Å². The summed E-state index contributed by atoms with van der Waals surface area (Å²) in [6.45, 7) is 44.6. The zero-order valence-electron chi connectivity index (χ0n) is 93.8. The number of nitrogens with zero attached hydrogens (tertiary/aromatic N) is 8. The Morgan fingerprint density at radius 3 is 0.862 bits per heavy atom. The average Bonchev–Trinajstić information content (AvgIpc) is 0.776. The maximum atomic E-state index is 8.12. The molecule has 0 N–H and O–H groups in total. The summed E-state index contributed by atoms with van der Waals surface area (Å²) in [6.07, 6.45) is 17.7. The van der Waals surface area contributed by atoms with Crippen LogP contribution >= 0.6 is 0 Å². The monoisotopic (exact) mass is 2500 g/mol. The van der Waals surface area contributed by atoms with Gasteiger partial charge in [0.1, 0.15) is 0 Å². The molecule has 1 unspecified atom stereocenters. The van der Waals surface area contributed by atoms with Crippen LogP contribution in [0.3, 0.4) is 0 Å². The smallest absolute Gasteiger partial charge is 0.0799 e. The molecule has 130 heavy (non-hydrogen) atoms. The summed E-state index contributed by atoms with van der Waals surface area (Å²) in [5.41, 5.74) is 16.4. The van der Waals surface area contributed by atoms with Gasteiger partial charge in [-0.05, 0) is 137 Å². The number of aryl methyl sites for hydroxylation is 1. The van der Waals surface area contributed by atoms with Gasteiger partial charge in [0.2, 0.25) is 0 Å². The number of pyridine rings is 8. The third-order valence-electron chi connectivity index (χ3n) is 19.7. The minimum atomic E-state index is -1.58. The topological polar surface area (TPSA) is 103 Å². The predicted octanol–water partition coefficient (Wildman–Crippen LogP) is 27.4. The van der Waals surface area contributed by atoms with Crippen LogP contribution in [0.2, 0.25) is 78.6 Å². The summed E-state index contributed by atoms with van der Waals surface area (Å²) >= 11 is 0. The zero-order valence-corrected chi connectivity index (χ0v) is 91.4. The van der Waals surface area contributed by atoms with Gasteiger partial charge in [-0.1, -0.05) is 230 Å². The van der Waals surface area contributed by atoms with Gasteiger partial charge in [0.15, 0.2) is 0 Å². The van der Waals surface area contributed by atoms with Crippen LogP contribution in [0, 0.1) is 48.5 Å². The Morgan fingerprint density at radius 2 is 0.592 bits per heavy atom. The van der Waals surface area contributed by atoms with Crippen molar-refractivity contribution < 1.29 is 102 Å². The Morgan fingerprint density at radius 1 is 0.308 bits per heavy atom. The van der Waals surface area contributed by atoms with E-state index in [1.165, 1.54) is 43.0 Å². The summed E-state index contributed by atoms with van der Waals surface area (Å²) in [5, 5.41) is 5.18. The van der Waals surface area contributed by atoms with E-state index in [1.54, 1.807) is 24.8 Å². The van der Waals surface area contributed by atoms with E-state index < -0.39 is 32.3 Å². The van der Waals surface area contributed by atoms with Crippen molar-refractivity contribution in [2.75, 3.05) is 0 Å². The van der Waals surface area contributed by atoms with Crippen LogP contribution in [-0.2, 0) is 92.3 Å². The molecular weight excluding hydrogens is 2360 g/mol. The molecule has 8 heterocycles. The van der Waals surface area contributed by atoms with E-state index in [9.17, 15) is 0 Å². The largest absolute Gasteiger partial charge is 0.305 e. The van der Waals surface area contributed by atoms with Gasteiger partial charge in [0, 0.05) is 141 Å². The van der Waals surface area contributed by atoms with Crippen molar-refractivity contribution in [2.45, 2.75) is 170 Å². The van der Waals surface area contributed by atoms with E-state index in [0.29, 0.717) is 56.9 Å². The van der Waals surface area contributed by atoms with Crippen LogP contribution in [-0.4, -0.2) is 72.2 Å². The molecule has 0 amide bonds. The fraction of sp³-hybridized carbons (Fsp3) is 0.228. The molecule has 8 nitrogen and oxygen atoms in total. The zero-order chi connectivity index (χ0) is 104. The molecule has 1 atom stereocenters. The molecule has 16 aromatic rings. The fourth-order valence-corrected chi connectivity index (χ4v) is 19.6. The summed E-state index contributed by atoms with van der Waals surface area (Å²) in [5.74, 6) is 0.707. The van der Waals surface area contributed by atoms with Crippen LogP contribution in [0.5, 0.6) is 0 Å². The van der Waals surface area contributed by atoms with Gasteiger partial charge < -0.3 is 39.9 Å². The van der Waals surface area contributed by atoms with Crippen molar-refractivity contribution in [3.8, 4) is 90.1 Å². The molecule has 16 heteroatoms. The van der Waals surface area contributed by atoms with Gasteiger partial charge in [0.05, 0.1) is 32.3 Å². The first-order valence-electron chi connectivity index (χ1n) is 50.5. The molecule has 0 spiro atoms. The van der Waals surface area contributed by atoms with E-state index in [0.717, 1.165) is 64.3 Å². The minimum absolute atomic E-state index is 0. The van der Waals surface area contributed by atoms with Crippen molar-refractivity contribution in [2.24, 2.45) is 0 Å². The normalized spacial score (nSPS) is 12.7. The van der Waals surface area contributed by atoms with E-state index in [1.807, 2.05) is 219 Å². The maximum absolute atomic E-state index is 8.12. The molecule has 4 radical (unpaired) electrons. The van der Waals surface area contributed by atoms with Gasteiger partial charge in [-0.2, -0.15) is 0 Å². The molecule has 8 aromatic heterocycles. The van der Waals surface area contributed by atoms with Crippen molar-refractivity contribution >= 4 is 53.0 Å². The van der Waals surface area contributed by atoms with Gasteiger partial charge >= 0.3 is 0 Å². The summed E-state index contributed by atoms with van der Waals surface area (Å²) in [4.78, 5) is 34.9. The Kier molecular flexibility index (Phi) is 37.3. The van der Waals surface area contributed by atoms with Gasteiger partial charge in [-0.15, -0.1) is 287 Å². The number of aromatic nitrogens is 8. The molecule has 0 aliphatic heterocycles. The Bertz CT molecular complexity index is 6420. The third kappa shape index (κ3) is 35.8. The van der Waals surface area contributed by atoms with Crippen molar-refractivity contribution in [3.63, 3.8) is 0 Å². The Balaban J connectivity index is 0.000000297. The maximum Gasteiger partial charge on any atom is 0.0799 e. The summed E-state index contributed by atoms with van der Waals surface area (Å²) in [7, 11) is -6.17. The number of hydrogen-bond donors (Lipinski definition) is 0. The van der Waals surface area contributed by atoms with Crippen molar-refractivity contribution in [3.05, 3.63) is 411 Å². The van der Waals surface area contributed by atoms with E-state index in [4.69, 9.17) is 21.9 Å². The molecule has 0 fully saturated rings. The quantitative estimate of drug-likeness (QED) is 0.0656. The average molecular weight is 2500 g/mol. The second kappa shape index (κ2) is 55.7.